The fourth-order valence-corrected chi connectivity index (χ4v) is 3.82. The Kier molecular flexibility index (Phi) is 4.45. The first-order valence-corrected chi connectivity index (χ1v) is 8.25. The van der Waals surface area contributed by atoms with Gasteiger partial charge in [-0.1, -0.05) is 43.5 Å². The van der Waals surface area contributed by atoms with Crippen molar-refractivity contribution in [3.05, 3.63) is 41.5 Å². The molecule has 1 aliphatic carbocycles. The summed E-state index contributed by atoms with van der Waals surface area (Å²) in [6.07, 6.45) is 8.27. The number of benzene rings is 2. The number of rotatable bonds is 4. The third-order valence-electron chi connectivity index (χ3n) is 4.82. The van der Waals surface area contributed by atoms with E-state index in [-0.39, 0.29) is 0 Å². The van der Waals surface area contributed by atoms with Gasteiger partial charge >= 0.3 is 0 Å². The summed E-state index contributed by atoms with van der Waals surface area (Å²) in [5.41, 5.74) is 8.27. The predicted molar refractivity (Wildman–Crippen MR) is 88.8 cm³/mol. The van der Waals surface area contributed by atoms with Gasteiger partial charge in [-0.25, -0.2) is 0 Å². The molecule has 0 unspecified atom stereocenters. The average molecular weight is 283 g/mol. The van der Waals surface area contributed by atoms with E-state index in [4.69, 9.17) is 5.73 Å². The van der Waals surface area contributed by atoms with Gasteiger partial charge in [0, 0.05) is 5.56 Å². The van der Waals surface area contributed by atoms with Crippen molar-refractivity contribution >= 4 is 10.8 Å². The first-order valence-electron chi connectivity index (χ1n) is 8.25. The number of hydrogen-bond acceptors (Lipinski definition) is 2. The van der Waals surface area contributed by atoms with Crippen LogP contribution in [-0.4, -0.2) is 11.7 Å². The molecule has 112 valence electrons. The number of hydrogen-bond donors (Lipinski definition) is 2. The van der Waals surface area contributed by atoms with Gasteiger partial charge in [0.05, 0.1) is 0 Å². The van der Waals surface area contributed by atoms with Gasteiger partial charge in [0.2, 0.25) is 0 Å². The maximum atomic E-state index is 10.6. The summed E-state index contributed by atoms with van der Waals surface area (Å²) >= 11 is 0. The Balaban J connectivity index is 2.13. The van der Waals surface area contributed by atoms with Crippen LogP contribution in [0, 0.1) is 0 Å². The van der Waals surface area contributed by atoms with Crippen molar-refractivity contribution in [3.8, 4) is 5.75 Å². The first kappa shape index (κ1) is 14.4. The third-order valence-corrected chi connectivity index (χ3v) is 4.82. The quantitative estimate of drug-likeness (QED) is 0.868. The van der Waals surface area contributed by atoms with Crippen molar-refractivity contribution < 1.29 is 5.11 Å². The molecule has 0 radical (unpaired) electrons. The normalized spacial score (nSPS) is 16.4. The van der Waals surface area contributed by atoms with Crippen molar-refractivity contribution in [2.75, 3.05) is 6.54 Å². The van der Waals surface area contributed by atoms with Gasteiger partial charge in [0.1, 0.15) is 5.75 Å². The van der Waals surface area contributed by atoms with E-state index in [0.717, 1.165) is 18.2 Å². The van der Waals surface area contributed by atoms with Crippen LogP contribution in [0.4, 0.5) is 0 Å². The molecule has 1 fully saturated rings. The molecule has 0 bridgehead atoms. The molecule has 1 saturated carbocycles. The summed E-state index contributed by atoms with van der Waals surface area (Å²) in [5.74, 6) is 1.02. The molecular formula is C19H25NO. The summed E-state index contributed by atoms with van der Waals surface area (Å²) in [5, 5.41) is 13.0. The lowest BCUT2D eigenvalue weighted by Gasteiger charge is -2.26. The fourth-order valence-electron chi connectivity index (χ4n) is 3.82. The van der Waals surface area contributed by atoms with E-state index >= 15 is 0 Å². The summed E-state index contributed by atoms with van der Waals surface area (Å²) in [6.45, 7) is 0.702. The second-order valence-corrected chi connectivity index (χ2v) is 6.24. The van der Waals surface area contributed by atoms with Crippen LogP contribution in [0.3, 0.4) is 0 Å². The first-order chi connectivity index (χ1) is 10.3. The van der Waals surface area contributed by atoms with Crippen LogP contribution in [0.15, 0.2) is 30.3 Å². The molecule has 1 aliphatic rings. The molecule has 2 aromatic rings. The van der Waals surface area contributed by atoms with Crippen molar-refractivity contribution in [2.24, 2.45) is 5.73 Å². The van der Waals surface area contributed by atoms with Crippen LogP contribution in [0.5, 0.6) is 5.75 Å². The van der Waals surface area contributed by atoms with Gasteiger partial charge in [0.25, 0.3) is 0 Å². The van der Waals surface area contributed by atoms with E-state index in [0.29, 0.717) is 18.2 Å². The van der Waals surface area contributed by atoms with Crippen LogP contribution in [0.2, 0.25) is 0 Å². The molecule has 3 rings (SSSR count). The molecule has 2 nitrogen and oxygen atoms in total. The van der Waals surface area contributed by atoms with Crippen molar-refractivity contribution in [1.82, 2.24) is 0 Å². The second kappa shape index (κ2) is 6.48. The minimum Gasteiger partial charge on any atom is -0.508 e. The minimum atomic E-state index is 0.493. The molecule has 0 amide bonds. The molecule has 0 aliphatic heterocycles. The van der Waals surface area contributed by atoms with Crippen LogP contribution in [0.1, 0.15) is 55.6 Å². The van der Waals surface area contributed by atoms with Gasteiger partial charge in [-0.3, -0.25) is 0 Å². The van der Waals surface area contributed by atoms with Gasteiger partial charge in [-0.15, -0.1) is 0 Å². The Morgan fingerprint density at radius 1 is 1.10 bits per heavy atom. The molecule has 0 atom stereocenters. The van der Waals surface area contributed by atoms with Crippen LogP contribution >= 0.6 is 0 Å². The van der Waals surface area contributed by atoms with Gasteiger partial charge in [-0.2, -0.15) is 0 Å². The van der Waals surface area contributed by atoms with Gasteiger partial charge in [-0.05, 0) is 60.5 Å². The maximum absolute atomic E-state index is 10.6. The largest absolute Gasteiger partial charge is 0.508 e. The van der Waals surface area contributed by atoms with E-state index in [1.54, 1.807) is 0 Å². The minimum absolute atomic E-state index is 0.493. The molecule has 21 heavy (non-hydrogen) atoms. The molecule has 2 aromatic carbocycles. The lowest BCUT2D eigenvalue weighted by atomic mass is 9.79. The third kappa shape index (κ3) is 2.91. The zero-order chi connectivity index (χ0) is 14.7. The summed E-state index contributed by atoms with van der Waals surface area (Å²) < 4.78 is 0. The topological polar surface area (TPSA) is 46.2 Å². The van der Waals surface area contributed by atoms with E-state index < -0.39 is 0 Å². The van der Waals surface area contributed by atoms with E-state index in [1.807, 2.05) is 12.1 Å². The number of fused-ring (bicyclic) bond motifs is 1. The Hall–Kier alpha value is -1.54. The highest BCUT2D eigenvalue weighted by Crippen LogP contribution is 2.42. The number of phenols is 1. The second-order valence-electron chi connectivity index (χ2n) is 6.24. The van der Waals surface area contributed by atoms with Crippen molar-refractivity contribution in [1.29, 1.82) is 0 Å². The summed E-state index contributed by atoms with van der Waals surface area (Å²) in [4.78, 5) is 0. The molecule has 3 N–H and O–H groups in total. The molecular weight excluding hydrogens is 258 g/mol. The van der Waals surface area contributed by atoms with Crippen molar-refractivity contribution in [2.45, 2.75) is 50.9 Å². The zero-order valence-corrected chi connectivity index (χ0v) is 12.6. The highest BCUT2D eigenvalue weighted by Gasteiger charge is 2.23. The Morgan fingerprint density at radius 2 is 1.86 bits per heavy atom. The standard InChI is InChI=1S/C19H25NO/c20-12-6-11-17-16-10-5-4-9-15(16)13-18(21)19(17)14-7-2-1-3-8-14/h4-5,9-10,13-14,21H,1-3,6-8,11-12,20H2. The molecule has 2 heteroatoms. The lowest BCUT2D eigenvalue weighted by Crippen LogP contribution is -2.10. The van der Waals surface area contributed by atoms with Crippen molar-refractivity contribution in [3.63, 3.8) is 0 Å². The molecule has 0 spiro atoms. The Labute approximate surface area is 127 Å². The lowest BCUT2D eigenvalue weighted by molar-refractivity contribution is 0.412. The van der Waals surface area contributed by atoms with E-state index in [9.17, 15) is 5.11 Å². The fraction of sp³-hybridized carbons (Fsp3) is 0.474. The average Bonchev–Trinajstić information content (AvgIpc) is 2.53. The molecule has 0 heterocycles. The Morgan fingerprint density at radius 3 is 2.62 bits per heavy atom. The van der Waals surface area contributed by atoms with Gasteiger partial charge in [0.15, 0.2) is 0 Å². The number of aromatic hydroxyl groups is 1. The highest BCUT2D eigenvalue weighted by atomic mass is 16.3. The molecule has 0 aromatic heterocycles. The summed E-state index contributed by atoms with van der Waals surface area (Å²) in [6, 6.07) is 10.4. The number of aryl methyl sites for hydroxylation is 1. The van der Waals surface area contributed by atoms with E-state index in [2.05, 4.69) is 18.2 Å². The summed E-state index contributed by atoms with van der Waals surface area (Å²) in [7, 11) is 0. The highest BCUT2D eigenvalue weighted by molar-refractivity contribution is 5.89. The van der Waals surface area contributed by atoms with Crippen LogP contribution in [-0.2, 0) is 6.42 Å². The molecule has 0 saturated heterocycles. The van der Waals surface area contributed by atoms with Gasteiger partial charge < -0.3 is 10.8 Å². The number of nitrogens with two attached hydrogens (primary N) is 1. The van der Waals surface area contributed by atoms with Crippen LogP contribution in [0.25, 0.3) is 10.8 Å². The number of phenolic OH excluding ortho intramolecular Hbond substituents is 1. The smallest absolute Gasteiger partial charge is 0.119 e. The maximum Gasteiger partial charge on any atom is 0.119 e. The van der Waals surface area contributed by atoms with E-state index in [1.165, 1.54) is 48.6 Å². The zero-order valence-electron chi connectivity index (χ0n) is 12.6. The monoisotopic (exact) mass is 283 g/mol. The predicted octanol–water partition coefficient (Wildman–Crippen LogP) is 4.48. The Bertz CT molecular complexity index is 614. The SMILES string of the molecule is NCCCc1c(C2CCCCC2)c(O)cc2ccccc12. The van der Waals surface area contributed by atoms with Crippen LogP contribution < -0.4 is 5.73 Å².